The molecule has 3 rings (SSSR count). The van der Waals surface area contributed by atoms with Gasteiger partial charge in [-0.05, 0) is 38.0 Å². The lowest BCUT2D eigenvalue weighted by Crippen LogP contribution is -2.47. The number of hydrogen-bond acceptors (Lipinski definition) is 5. The minimum absolute atomic E-state index is 0.0253. The predicted molar refractivity (Wildman–Crippen MR) is 99.1 cm³/mol. The molecule has 0 unspecified atom stereocenters. The molecular formula is C18H24FN3O4S. The number of ether oxygens (including phenoxy) is 2. The molecule has 0 radical (unpaired) electrons. The lowest BCUT2D eigenvalue weighted by molar-refractivity contribution is 0.0186. The maximum atomic E-state index is 14.4. The van der Waals surface area contributed by atoms with E-state index >= 15 is 0 Å². The molecule has 1 fully saturated rings. The normalized spacial score (nSPS) is 20.6. The zero-order valence-corrected chi connectivity index (χ0v) is 16.2. The largest absolute Gasteiger partial charge is 0.493 e. The first-order valence-electron chi connectivity index (χ1n) is 8.89. The van der Waals surface area contributed by atoms with Crippen LogP contribution in [-0.4, -0.2) is 49.8 Å². The fourth-order valence-corrected chi connectivity index (χ4v) is 3.88. The summed E-state index contributed by atoms with van der Waals surface area (Å²) in [5.74, 6) is -0.185. The summed E-state index contributed by atoms with van der Waals surface area (Å²) in [6.45, 7) is 4.60. The minimum Gasteiger partial charge on any atom is -0.493 e. The first kappa shape index (κ1) is 19.8. The third kappa shape index (κ3) is 5.06. The van der Waals surface area contributed by atoms with E-state index in [0.29, 0.717) is 31.1 Å². The van der Waals surface area contributed by atoms with E-state index in [9.17, 15) is 12.8 Å². The lowest BCUT2D eigenvalue weighted by atomic mass is 9.98. The van der Waals surface area contributed by atoms with Crippen LogP contribution >= 0.6 is 0 Å². The van der Waals surface area contributed by atoms with Crippen LogP contribution in [0, 0.1) is 18.7 Å². The minimum atomic E-state index is -3.31. The Morgan fingerprint density at radius 1 is 1.44 bits per heavy atom. The van der Waals surface area contributed by atoms with Crippen molar-refractivity contribution in [1.82, 2.24) is 14.5 Å². The van der Waals surface area contributed by atoms with E-state index in [1.807, 2.05) is 6.92 Å². The van der Waals surface area contributed by atoms with Gasteiger partial charge in [0.05, 0.1) is 25.2 Å². The molecule has 0 spiro atoms. The molecule has 1 aliphatic rings. The number of aryl methyl sites for hydroxylation is 1. The summed E-state index contributed by atoms with van der Waals surface area (Å²) in [5.41, 5.74) is 1.28. The van der Waals surface area contributed by atoms with Crippen LogP contribution in [0.15, 0.2) is 30.6 Å². The number of aromatic nitrogens is 2. The monoisotopic (exact) mass is 397 g/mol. The molecule has 9 heteroatoms. The molecule has 1 aromatic heterocycles. The standard InChI is InChI=1S/C18H24FN3O4S/c1-3-27(23,24)21-17-6-7-25-11-14(17)12-26-15-4-5-18(16(19)8-15)22-10-13(2)9-20-22/h4-5,8-10,14,17,21H,3,6-7,11-12H2,1-2H3/t14-,17+/m0/s1. The van der Waals surface area contributed by atoms with Gasteiger partial charge in [-0.2, -0.15) is 5.10 Å². The molecule has 1 aromatic carbocycles. The summed E-state index contributed by atoms with van der Waals surface area (Å²) < 4.78 is 53.5. The molecule has 0 bridgehead atoms. The van der Waals surface area contributed by atoms with Gasteiger partial charge < -0.3 is 9.47 Å². The van der Waals surface area contributed by atoms with Crippen molar-refractivity contribution in [1.29, 1.82) is 0 Å². The molecule has 2 aromatic rings. The van der Waals surface area contributed by atoms with Gasteiger partial charge in [-0.1, -0.05) is 0 Å². The first-order chi connectivity index (χ1) is 12.9. The van der Waals surface area contributed by atoms with Crippen LogP contribution in [0.2, 0.25) is 0 Å². The van der Waals surface area contributed by atoms with Crippen LogP contribution in [-0.2, 0) is 14.8 Å². The third-order valence-corrected chi connectivity index (χ3v) is 5.95. The highest BCUT2D eigenvalue weighted by Gasteiger charge is 2.29. The van der Waals surface area contributed by atoms with Gasteiger partial charge >= 0.3 is 0 Å². The second-order valence-electron chi connectivity index (χ2n) is 6.64. The molecule has 2 heterocycles. The van der Waals surface area contributed by atoms with E-state index in [0.717, 1.165) is 5.56 Å². The van der Waals surface area contributed by atoms with Crippen LogP contribution in [0.4, 0.5) is 4.39 Å². The Morgan fingerprint density at radius 2 is 2.26 bits per heavy atom. The van der Waals surface area contributed by atoms with Crippen LogP contribution < -0.4 is 9.46 Å². The maximum Gasteiger partial charge on any atom is 0.211 e. The van der Waals surface area contributed by atoms with Crippen molar-refractivity contribution in [2.45, 2.75) is 26.3 Å². The van der Waals surface area contributed by atoms with Crippen molar-refractivity contribution in [2.75, 3.05) is 25.6 Å². The van der Waals surface area contributed by atoms with Crippen molar-refractivity contribution in [3.05, 3.63) is 42.0 Å². The third-order valence-electron chi connectivity index (χ3n) is 4.53. The number of halogens is 1. The highest BCUT2D eigenvalue weighted by molar-refractivity contribution is 7.89. The second kappa shape index (κ2) is 8.37. The summed E-state index contributed by atoms with van der Waals surface area (Å²) in [5, 5.41) is 4.10. The SMILES string of the molecule is CCS(=O)(=O)N[C@@H]1CCOC[C@H]1COc1ccc(-n2cc(C)cn2)c(F)c1. The molecule has 27 heavy (non-hydrogen) atoms. The zero-order chi connectivity index (χ0) is 19.4. The molecule has 1 aliphatic heterocycles. The Bertz CT molecular complexity index is 884. The Hall–Kier alpha value is -1.97. The number of hydrogen-bond donors (Lipinski definition) is 1. The van der Waals surface area contributed by atoms with Crippen LogP contribution in [0.5, 0.6) is 5.75 Å². The number of sulfonamides is 1. The zero-order valence-electron chi connectivity index (χ0n) is 15.4. The molecule has 2 atom stereocenters. The van der Waals surface area contributed by atoms with E-state index in [1.165, 1.54) is 10.7 Å². The molecular weight excluding hydrogens is 373 g/mol. The highest BCUT2D eigenvalue weighted by Crippen LogP contribution is 2.22. The first-order valence-corrected chi connectivity index (χ1v) is 10.5. The Balaban J connectivity index is 1.65. The number of benzene rings is 1. The number of nitrogens with zero attached hydrogens (tertiary/aromatic N) is 2. The van der Waals surface area contributed by atoms with E-state index in [4.69, 9.17) is 9.47 Å². The average molecular weight is 397 g/mol. The van der Waals surface area contributed by atoms with Gasteiger partial charge in [0, 0.05) is 30.8 Å². The van der Waals surface area contributed by atoms with Crippen molar-refractivity contribution >= 4 is 10.0 Å². The van der Waals surface area contributed by atoms with Gasteiger partial charge in [0.15, 0.2) is 5.82 Å². The quantitative estimate of drug-likeness (QED) is 0.773. The summed E-state index contributed by atoms with van der Waals surface area (Å²) >= 11 is 0. The second-order valence-corrected chi connectivity index (χ2v) is 8.68. The van der Waals surface area contributed by atoms with Crippen LogP contribution in [0.1, 0.15) is 18.9 Å². The molecule has 1 N–H and O–H groups in total. The fourth-order valence-electron chi connectivity index (χ4n) is 2.94. The van der Waals surface area contributed by atoms with Gasteiger partial charge in [-0.15, -0.1) is 0 Å². The summed E-state index contributed by atoms with van der Waals surface area (Å²) in [6, 6.07) is 4.33. The predicted octanol–water partition coefficient (Wildman–Crippen LogP) is 2.04. The average Bonchev–Trinajstić information content (AvgIpc) is 3.07. The summed E-state index contributed by atoms with van der Waals surface area (Å²) in [4.78, 5) is 0. The molecule has 0 aliphatic carbocycles. The van der Waals surface area contributed by atoms with Crippen molar-refractivity contribution in [2.24, 2.45) is 5.92 Å². The Labute approximate surface area is 158 Å². The van der Waals surface area contributed by atoms with Gasteiger partial charge in [0.1, 0.15) is 11.4 Å². The molecule has 1 saturated heterocycles. The van der Waals surface area contributed by atoms with Crippen LogP contribution in [0.3, 0.4) is 0 Å². The fraction of sp³-hybridized carbons (Fsp3) is 0.500. The smallest absolute Gasteiger partial charge is 0.211 e. The molecule has 7 nitrogen and oxygen atoms in total. The summed E-state index contributed by atoms with van der Waals surface area (Å²) in [6.07, 6.45) is 3.98. The lowest BCUT2D eigenvalue weighted by Gasteiger charge is -2.31. The highest BCUT2D eigenvalue weighted by atomic mass is 32.2. The van der Waals surface area contributed by atoms with Crippen molar-refractivity contribution < 1.29 is 22.3 Å². The van der Waals surface area contributed by atoms with E-state index in [-0.39, 0.29) is 24.3 Å². The maximum absolute atomic E-state index is 14.4. The molecule has 0 amide bonds. The molecule has 0 saturated carbocycles. The van der Waals surface area contributed by atoms with Gasteiger partial charge in [-0.3, -0.25) is 0 Å². The van der Waals surface area contributed by atoms with Crippen molar-refractivity contribution in [3.8, 4) is 11.4 Å². The summed E-state index contributed by atoms with van der Waals surface area (Å²) in [7, 11) is -3.31. The number of nitrogens with one attached hydrogen (secondary N) is 1. The Kier molecular flexibility index (Phi) is 6.13. The van der Waals surface area contributed by atoms with Crippen molar-refractivity contribution in [3.63, 3.8) is 0 Å². The van der Waals surface area contributed by atoms with E-state index in [1.54, 1.807) is 31.5 Å². The van der Waals surface area contributed by atoms with Gasteiger partial charge in [0.2, 0.25) is 10.0 Å². The topological polar surface area (TPSA) is 82.5 Å². The van der Waals surface area contributed by atoms with Gasteiger partial charge in [0.25, 0.3) is 0 Å². The van der Waals surface area contributed by atoms with Crippen LogP contribution in [0.25, 0.3) is 5.69 Å². The van der Waals surface area contributed by atoms with E-state index in [2.05, 4.69) is 9.82 Å². The Morgan fingerprint density at radius 3 is 2.93 bits per heavy atom. The number of rotatable bonds is 7. The van der Waals surface area contributed by atoms with E-state index < -0.39 is 15.8 Å². The molecule has 148 valence electrons. The van der Waals surface area contributed by atoms with Gasteiger partial charge in [-0.25, -0.2) is 22.2 Å².